The molecule has 0 aliphatic heterocycles. The fourth-order valence-electron chi connectivity index (χ4n) is 2.11. The van der Waals surface area contributed by atoms with Gasteiger partial charge in [-0.25, -0.2) is 4.39 Å². The van der Waals surface area contributed by atoms with Crippen molar-refractivity contribution in [1.82, 2.24) is 5.32 Å². The quantitative estimate of drug-likeness (QED) is 0.908. The molecular formula is C16H18FNO2. The maximum atomic E-state index is 14.2. The number of halogens is 1. The van der Waals surface area contributed by atoms with E-state index in [9.17, 15) is 4.39 Å². The molecule has 1 N–H and O–H groups in total. The number of rotatable bonds is 5. The van der Waals surface area contributed by atoms with Gasteiger partial charge in [0.25, 0.3) is 0 Å². The monoisotopic (exact) mass is 275 g/mol. The van der Waals surface area contributed by atoms with E-state index in [0.29, 0.717) is 29.2 Å². The van der Waals surface area contributed by atoms with E-state index in [2.05, 4.69) is 5.32 Å². The molecule has 0 fully saturated rings. The first kappa shape index (κ1) is 14.3. The van der Waals surface area contributed by atoms with Crippen LogP contribution in [-0.2, 0) is 6.54 Å². The maximum absolute atomic E-state index is 14.2. The number of hydrogen-bond donors (Lipinski definition) is 1. The van der Waals surface area contributed by atoms with Crippen molar-refractivity contribution >= 4 is 0 Å². The molecule has 0 aliphatic rings. The summed E-state index contributed by atoms with van der Waals surface area (Å²) in [5, 5.41) is 3.00. The molecule has 2 aromatic rings. The van der Waals surface area contributed by atoms with Crippen LogP contribution in [-0.4, -0.2) is 21.3 Å². The molecule has 0 saturated heterocycles. The lowest BCUT2D eigenvalue weighted by Crippen LogP contribution is -2.05. The van der Waals surface area contributed by atoms with E-state index in [1.54, 1.807) is 38.5 Å². The highest BCUT2D eigenvalue weighted by atomic mass is 19.1. The molecule has 0 radical (unpaired) electrons. The molecule has 2 rings (SSSR count). The molecule has 0 bridgehead atoms. The Hall–Kier alpha value is -2.07. The van der Waals surface area contributed by atoms with Crippen LogP contribution in [0.25, 0.3) is 11.1 Å². The number of hydrogen-bond acceptors (Lipinski definition) is 3. The second kappa shape index (κ2) is 6.39. The highest BCUT2D eigenvalue weighted by Gasteiger charge is 2.12. The Balaban J connectivity index is 2.45. The Morgan fingerprint density at radius 3 is 2.35 bits per heavy atom. The lowest BCUT2D eigenvalue weighted by Gasteiger charge is -2.12. The molecule has 0 saturated carbocycles. The van der Waals surface area contributed by atoms with Gasteiger partial charge in [0.15, 0.2) is 0 Å². The molecule has 0 atom stereocenters. The molecular weight excluding hydrogens is 257 g/mol. The first-order chi connectivity index (χ1) is 9.69. The molecule has 0 aromatic heterocycles. The highest BCUT2D eigenvalue weighted by molar-refractivity contribution is 5.72. The second-order valence-corrected chi connectivity index (χ2v) is 4.41. The van der Waals surface area contributed by atoms with Gasteiger partial charge in [-0.3, -0.25) is 0 Å². The van der Waals surface area contributed by atoms with Crippen LogP contribution in [0.5, 0.6) is 11.5 Å². The van der Waals surface area contributed by atoms with Crippen molar-refractivity contribution in [3.05, 3.63) is 47.8 Å². The minimum atomic E-state index is -0.263. The third-order valence-electron chi connectivity index (χ3n) is 3.11. The molecule has 0 spiro atoms. The van der Waals surface area contributed by atoms with Crippen LogP contribution >= 0.6 is 0 Å². The highest BCUT2D eigenvalue weighted by Crippen LogP contribution is 2.34. The molecule has 4 heteroatoms. The smallest absolute Gasteiger partial charge is 0.131 e. The average molecular weight is 275 g/mol. The number of nitrogens with one attached hydrogen (secondary N) is 1. The third-order valence-corrected chi connectivity index (χ3v) is 3.11. The Kier molecular flexibility index (Phi) is 4.58. The topological polar surface area (TPSA) is 30.5 Å². The van der Waals surface area contributed by atoms with Crippen molar-refractivity contribution < 1.29 is 13.9 Å². The Bertz CT molecular complexity index is 599. The van der Waals surface area contributed by atoms with E-state index in [4.69, 9.17) is 9.47 Å². The number of ether oxygens (including phenoxy) is 2. The maximum Gasteiger partial charge on any atom is 0.131 e. The molecule has 106 valence electrons. The summed E-state index contributed by atoms with van der Waals surface area (Å²) in [5.74, 6) is 1.00. The normalized spacial score (nSPS) is 10.4. The van der Waals surface area contributed by atoms with E-state index in [1.807, 2.05) is 13.1 Å². The molecule has 0 unspecified atom stereocenters. The molecule has 3 nitrogen and oxygen atoms in total. The lowest BCUT2D eigenvalue weighted by atomic mass is 10.0. The van der Waals surface area contributed by atoms with Gasteiger partial charge in [-0.1, -0.05) is 12.1 Å². The van der Waals surface area contributed by atoms with Crippen molar-refractivity contribution in [2.24, 2.45) is 0 Å². The molecule has 0 aliphatic carbocycles. The molecule has 20 heavy (non-hydrogen) atoms. The number of benzene rings is 2. The first-order valence-corrected chi connectivity index (χ1v) is 6.35. The van der Waals surface area contributed by atoms with Crippen molar-refractivity contribution in [3.63, 3.8) is 0 Å². The predicted molar refractivity (Wildman–Crippen MR) is 77.7 cm³/mol. The van der Waals surface area contributed by atoms with Crippen molar-refractivity contribution in [2.75, 3.05) is 21.3 Å². The minimum absolute atomic E-state index is 0.263. The standard InChI is InChI=1S/C16H18FNO2/c1-18-10-11-4-6-13(15(17)8-11)14-7-5-12(19-2)9-16(14)20-3/h4-9,18H,10H2,1-3H3. The second-order valence-electron chi connectivity index (χ2n) is 4.41. The average Bonchev–Trinajstić information content (AvgIpc) is 2.47. The summed E-state index contributed by atoms with van der Waals surface area (Å²) >= 11 is 0. The van der Waals surface area contributed by atoms with Crippen molar-refractivity contribution in [2.45, 2.75) is 6.54 Å². The SMILES string of the molecule is CNCc1ccc(-c2ccc(OC)cc2OC)c(F)c1. The summed E-state index contributed by atoms with van der Waals surface area (Å²) in [5.41, 5.74) is 2.13. The largest absolute Gasteiger partial charge is 0.497 e. The molecule has 2 aromatic carbocycles. The van der Waals surface area contributed by atoms with Crippen LogP contribution in [0.4, 0.5) is 4.39 Å². The Morgan fingerprint density at radius 2 is 1.75 bits per heavy atom. The lowest BCUT2D eigenvalue weighted by molar-refractivity contribution is 0.395. The van der Waals surface area contributed by atoms with Gasteiger partial charge < -0.3 is 14.8 Å². The zero-order valence-electron chi connectivity index (χ0n) is 11.9. The van der Waals surface area contributed by atoms with E-state index in [-0.39, 0.29) is 5.82 Å². The van der Waals surface area contributed by atoms with Crippen molar-refractivity contribution in [3.8, 4) is 22.6 Å². The van der Waals surface area contributed by atoms with Gasteiger partial charge in [0.2, 0.25) is 0 Å². The molecule has 0 amide bonds. The third kappa shape index (κ3) is 2.91. The van der Waals surface area contributed by atoms with E-state index in [0.717, 1.165) is 5.56 Å². The van der Waals surface area contributed by atoms with Gasteiger partial charge in [-0.15, -0.1) is 0 Å². The van der Waals surface area contributed by atoms with Gasteiger partial charge in [-0.05, 0) is 30.8 Å². The van der Waals surface area contributed by atoms with Gasteiger partial charge in [0.05, 0.1) is 14.2 Å². The predicted octanol–water partition coefficient (Wildman–Crippen LogP) is 3.23. The minimum Gasteiger partial charge on any atom is -0.497 e. The fourth-order valence-corrected chi connectivity index (χ4v) is 2.11. The van der Waals surface area contributed by atoms with Gasteiger partial charge in [-0.2, -0.15) is 0 Å². The van der Waals surface area contributed by atoms with Crippen LogP contribution in [0.15, 0.2) is 36.4 Å². The summed E-state index contributed by atoms with van der Waals surface area (Å²) in [7, 11) is 4.98. The van der Waals surface area contributed by atoms with Gasteiger partial charge in [0, 0.05) is 23.7 Å². The Labute approximate surface area is 118 Å². The van der Waals surface area contributed by atoms with Crippen LogP contribution < -0.4 is 14.8 Å². The van der Waals surface area contributed by atoms with Crippen LogP contribution in [0, 0.1) is 5.82 Å². The summed E-state index contributed by atoms with van der Waals surface area (Å²) < 4.78 is 24.7. The first-order valence-electron chi connectivity index (χ1n) is 6.35. The van der Waals surface area contributed by atoms with Crippen molar-refractivity contribution in [1.29, 1.82) is 0 Å². The summed E-state index contributed by atoms with van der Waals surface area (Å²) in [6.07, 6.45) is 0. The summed E-state index contributed by atoms with van der Waals surface area (Å²) in [6.45, 7) is 0.636. The summed E-state index contributed by atoms with van der Waals surface area (Å²) in [4.78, 5) is 0. The van der Waals surface area contributed by atoms with Crippen LogP contribution in [0.2, 0.25) is 0 Å². The van der Waals surface area contributed by atoms with Gasteiger partial charge >= 0.3 is 0 Å². The Morgan fingerprint density at radius 1 is 1.00 bits per heavy atom. The van der Waals surface area contributed by atoms with Crippen LogP contribution in [0.1, 0.15) is 5.56 Å². The van der Waals surface area contributed by atoms with Gasteiger partial charge in [0.1, 0.15) is 17.3 Å². The van der Waals surface area contributed by atoms with E-state index >= 15 is 0 Å². The summed E-state index contributed by atoms with van der Waals surface area (Å²) in [6, 6.07) is 10.5. The zero-order valence-corrected chi connectivity index (χ0v) is 11.9. The fraction of sp³-hybridized carbons (Fsp3) is 0.250. The zero-order chi connectivity index (χ0) is 14.5. The van der Waals surface area contributed by atoms with E-state index < -0.39 is 0 Å². The number of methoxy groups -OCH3 is 2. The van der Waals surface area contributed by atoms with E-state index in [1.165, 1.54) is 6.07 Å². The van der Waals surface area contributed by atoms with Crippen LogP contribution in [0.3, 0.4) is 0 Å². The molecule has 0 heterocycles.